The number of hydrogen-bond donors (Lipinski definition) is 2. The number of rotatable bonds is 3. The van der Waals surface area contributed by atoms with Crippen molar-refractivity contribution in [1.82, 2.24) is 0 Å². The third-order valence-electron chi connectivity index (χ3n) is 1.45. The Hall–Kier alpha value is -1.15. The van der Waals surface area contributed by atoms with Crippen LogP contribution in [0.25, 0.3) is 0 Å². The van der Waals surface area contributed by atoms with Gasteiger partial charge in [-0.3, -0.25) is 0 Å². The van der Waals surface area contributed by atoms with E-state index < -0.39 is 0 Å². The Bertz CT molecular complexity index is 284. The fourth-order valence-corrected chi connectivity index (χ4v) is 1.04. The molecule has 0 amide bonds. The van der Waals surface area contributed by atoms with Crippen LogP contribution in [-0.4, -0.2) is 6.54 Å². The van der Waals surface area contributed by atoms with Gasteiger partial charge >= 0.3 is 0 Å². The summed E-state index contributed by atoms with van der Waals surface area (Å²) in [4.78, 5) is 0. The van der Waals surface area contributed by atoms with Gasteiger partial charge in [0.05, 0.1) is 11.4 Å². The zero-order valence-electron chi connectivity index (χ0n) is 6.68. The Kier molecular flexibility index (Phi) is 3.00. The Morgan fingerprint density at radius 3 is 3.00 bits per heavy atom. The fraction of sp³-hybridized carbons (Fsp3) is 0.111. The van der Waals surface area contributed by atoms with Gasteiger partial charge in [-0.25, -0.2) is 0 Å². The Morgan fingerprint density at radius 2 is 2.33 bits per heavy atom. The molecule has 0 saturated carbocycles. The largest absolute Gasteiger partial charge is 0.397 e. The molecule has 0 aliphatic rings. The van der Waals surface area contributed by atoms with Gasteiger partial charge in [0.25, 0.3) is 0 Å². The maximum absolute atomic E-state index is 5.77. The normalized spacial score (nSPS) is 9.42. The van der Waals surface area contributed by atoms with E-state index >= 15 is 0 Å². The molecule has 0 spiro atoms. The molecule has 1 rings (SSSR count). The molecular weight excluding hydrogens is 172 g/mol. The molecule has 0 bridgehead atoms. The lowest BCUT2D eigenvalue weighted by molar-refractivity contribution is 1.34. The highest BCUT2D eigenvalue weighted by Gasteiger charge is 1.97. The first kappa shape index (κ1) is 8.94. The molecule has 12 heavy (non-hydrogen) atoms. The molecule has 0 atom stereocenters. The summed E-state index contributed by atoms with van der Waals surface area (Å²) in [6.45, 7) is 4.28. The molecule has 0 unspecified atom stereocenters. The molecular formula is C9H11ClN2. The average Bonchev–Trinajstić information content (AvgIpc) is 2.07. The quantitative estimate of drug-likeness (QED) is 0.557. The number of nitrogens with one attached hydrogen (secondary N) is 1. The standard InChI is InChI=1S/C9H11ClN2/c1-2-5-12-9-6-7(10)3-4-8(9)11/h2-4,6,12H,1,5,11H2. The zero-order chi connectivity index (χ0) is 8.97. The maximum atomic E-state index is 5.77. The van der Waals surface area contributed by atoms with E-state index in [0.29, 0.717) is 17.3 Å². The molecule has 0 aromatic heterocycles. The second-order valence-corrected chi connectivity index (χ2v) is 2.84. The summed E-state index contributed by atoms with van der Waals surface area (Å²) in [6.07, 6.45) is 1.76. The molecule has 0 heterocycles. The minimum absolute atomic E-state index is 0.677. The van der Waals surface area contributed by atoms with Gasteiger partial charge in [-0.2, -0.15) is 0 Å². The number of halogens is 1. The van der Waals surface area contributed by atoms with Crippen molar-refractivity contribution in [2.75, 3.05) is 17.6 Å². The second-order valence-electron chi connectivity index (χ2n) is 2.40. The van der Waals surface area contributed by atoms with Gasteiger partial charge < -0.3 is 11.1 Å². The monoisotopic (exact) mass is 182 g/mol. The van der Waals surface area contributed by atoms with E-state index in [4.69, 9.17) is 17.3 Å². The van der Waals surface area contributed by atoms with Gasteiger partial charge in [0.1, 0.15) is 0 Å². The van der Waals surface area contributed by atoms with Crippen LogP contribution in [0.15, 0.2) is 30.9 Å². The van der Waals surface area contributed by atoms with E-state index in [0.717, 1.165) is 5.69 Å². The van der Waals surface area contributed by atoms with Crippen LogP contribution in [0.5, 0.6) is 0 Å². The summed E-state index contributed by atoms with van der Waals surface area (Å²) in [5.74, 6) is 0. The molecule has 0 aliphatic heterocycles. The van der Waals surface area contributed by atoms with Crippen molar-refractivity contribution in [3.05, 3.63) is 35.9 Å². The highest BCUT2D eigenvalue weighted by atomic mass is 35.5. The van der Waals surface area contributed by atoms with Crippen molar-refractivity contribution < 1.29 is 0 Å². The summed E-state index contributed by atoms with van der Waals surface area (Å²) < 4.78 is 0. The van der Waals surface area contributed by atoms with Gasteiger partial charge in [-0.1, -0.05) is 17.7 Å². The predicted octanol–water partition coefficient (Wildman–Crippen LogP) is 2.52. The third-order valence-corrected chi connectivity index (χ3v) is 1.69. The smallest absolute Gasteiger partial charge is 0.0591 e. The minimum atomic E-state index is 0.677. The Morgan fingerprint density at radius 1 is 1.58 bits per heavy atom. The summed E-state index contributed by atoms with van der Waals surface area (Å²) in [5.41, 5.74) is 7.22. The van der Waals surface area contributed by atoms with Crippen molar-refractivity contribution in [2.24, 2.45) is 0 Å². The average molecular weight is 183 g/mol. The van der Waals surface area contributed by atoms with Gasteiger partial charge in [0, 0.05) is 11.6 Å². The van der Waals surface area contributed by atoms with E-state index in [1.807, 2.05) is 0 Å². The molecule has 1 aromatic rings. The first-order valence-corrected chi connectivity index (χ1v) is 4.01. The van der Waals surface area contributed by atoms with Crippen molar-refractivity contribution in [2.45, 2.75) is 0 Å². The number of benzene rings is 1. The molecule has 0 aliphatic carbocycles. The fourth-order valence-electron chi connectivity index (χ4n) is 0.864. The molecule has 2 nitrogen and oxygen atoms in total. The lowest BCUT2D eigenvalue weighted by Crippen LogP contribution is -2.01. The Balaban J connectivity index is 2.82. The molecule has 3 N–H and O–H groups in total. The van der Waals surface area contributed by atoms with Crippen molar-refractivity contribution in [3.8, 4) is 0 Å². The molecule has 0 saturated heterocycles. The topological polar surface area (TPSA) is 38.0 Å². The number of nitrogen functional groups attached to an aromatic ring is 1. The summed E-state index contributed by atoms with van der Waals surface area (Å²) in [6, 6.07) is 5.32. The van der Waals surface area contributed by atoms with Gasteiger partial charge in [-0.05, 0) is 18.2 Å². The predicted molar refractivity (Wildman–Crippen MR) is 54.6 cm³/mol. The van der Waals surface area contributed by atoms with Crippen LogP contribution < -0.4 is 11.1 Å². The highest BCUT2D eigenvalue weighted by Crippen LogP contribution is 2.22. The van der Waals surface area contributed by atoms with Crippen LogP contribution in [0, 0.1) is 0 Å². The molecule has 3 heteroatoms. The van der Waals surface area contributed by atoms with E-state index in [-0.39, 0.29) is 0 Å². The van der Waals surface area contributed by atoms with Crippen LogP contribution in [0.3, 0.4) is 0 Å². The van der Waals surface area contributed by atoms with E-state index in [2.05, 4.69) is 11.9 Å². The lowest BCUT2D eigenvalue weighted by atomic mass is 10.2. The van der Waals surface area contributed by atoms with Gasteiger partial charge in [0.2, 0.25) is 0 Å². The van der Waals surface area contributed by atoms with Crippen molar-refractivity contribution in [3.63, 3.8) is 0 Å². The minimum Gasteiger partial charge on any atom is -0.397 e. The third kappa shape index (κ3) is 2.17. The first-order valence-electron chi connectivity index (χ1n) is 3.64. The summed E-state index contributed by atoms with van der Waals surface area (Å²) >= 11 is 5.77. The number of nitrogens with two attached hydrogens (primary N) is 1. The first-order chi connectivity index (χ1) is 5.74. The highest BCUT2D eigenvalue weighted by molar-refractivity contribution is 6.31. The number of hydrogen-bond acceptors (Lipinski definition) is 2. The summed E-state index contributed by atoms with van der Waals surface area (Å²) in [7, 11) is 0. The van der Waals surface area contributed by atoms with Crippen molar-refractivity contribution in [1.29, 1.82) is 0 Å². The van der Waals surface area contributed by atoms with Crippen molar-refractivity contribution >= 4 is 23.0 Å². The SMILES string of the molecule is C=CCNc1cc(Cl)ccc1N. The van der Waals surface area contributed by atoms with Crippen LogP contribution in [-0.2, 0) is 0 Å². The zero-order valence-corrected chi connectivity index (χ0v) is 7.43. The van der Waals surface area contributed by atoms with Crippen LogP contribution >= 0.6 is 11.6 Å². The van der Waals surface area contributed by atoms with E-state index in [1.165, 1.54) is 0 Å². The molecule has 64 valence electrons. The Labute approximate surface area is 77.0 Å². The molecule has 0 fully saturated rings. The maximum Gasteiger partial charge on any atom is 0.0591 e. The van der Waals surface area contributed by atoms with Gasteiger partial charge in [0.15, 0.2) is 0 Å². The van der Waals surface area contributed by atoms with Crippen LogP contribution in [0.4, 0.5) is 11.4 Å². The lowest BCUT2D eigenvalue weighted by Gasteiger charge is -2.06. The summed E-state index contributed by atoms with van der Waals surface area (Å²) in [5, 5.41) is 3.75. The number of anilines is 2. The van der Waals surface area contributed by atoms with E-state index in [1.54, 1.807) is 24.3 Å². The second kappa shape index (κ2) is 4.02. The molecule has 0 radical (unpaired) electrons. The van der Waals surface area contributed by atoms with E-state index in [9.17, 15) is 0 Å². The van der Waals surface area contributed by atoms with Gasteiger partial charge in [-0.15, -0.1) is 6.58 Å². The van der Waals surface area contributed by atoms with Crippen LogP contribution in [0.2, 0.25) is 5.02 Å². The molecule has 1 aromatic carbocycles. The van der Waals surface area contributed by atoms with Crippen LogP contribution in [0.1, 0.15) is 0 Å².